The van der Waals surface area contributed by atoms with E-state index in [1.54, 1.807) is 4.68 Å². The first kappa shape index (κ1) is 14.6. The standard InChI is InChI=1S/C11H13IN6O2/c1-2-5(7(13)11(19)20)3-18-10-6(8(12)17-18)9(14)15-4-16-10/h4-5,13H,2-3H2,1H3,(H,19,20)(H2,14,15,16). The van der Waals surface area contributed by atoms with E-state index in [-0.39, 0.29) is 12.3 Å². The Morgan fingerprint density at radius 2 is 2.30 bits per heavy atom. The summed E-state index contributed by atoms with van der Waals surface area (Å²) in [4.78, 5) is 19.0. The van der Waals surface area contributed by atoms with Crippen LogP contribution < -0.4 is 5.73 Å². The number of rotatable bonds is 5. The van der Waals surface area contributed by atoms with Crippen molar-refractivity contribution in [3.63, 3.8) is 0 Å². The SMILES string of the molecule is CCC(Cn1nc(I)c2c(N)ncnc21)C(=N)C(=O)O. The number of fused-ring (bicyclic) bond motifs is 1. The Kier molecular flexibility index (Phi) is 4.16. The van der Waals surface area contributed by atoms with E-state index in [9.17, 15) is 4.79 Å². The van der Waals surface area contributed by atoms with Crippen LogP contribution in [0.3, 0.4) is 0 Å². The highest BCUT2D eigenvalue weighted by molar-refractivity contribution is 14.1. The van der Waals surface area contributed by atoms with Gasteiger partial charge < -0.3 is 10.8 Å². The molecule has 0 bridgehead atoms. The summed E-state index contributed by atoms with van der Waals surface area (Å²) < 4.78 is 2.24. The molecule has 1 atom stereocenters. The lowest BCUT2D eigenvalue weighted by Gasteiger charge is -2.13. The highest BCUT2D eigenvalue weighted by Gasteiger charge is 2.22. The minimum Gasteiger partial charge on any atom is -0.477 e. The van der Waals surface area contributed by atoms with Gasteiger partial charge in [-0.2, -0.15) is 5.10 Å². The average molecular weight is 388 g/mol. The molecule has 8 nitrogen and oxygen atoms in total. The number of carboxylic acids is 1. The van der Waals surface area contributed by atoms with Crippen molar-refractivity contribution in [3.8, 4) is 0 Å². The minimum atomic E-state index is -1.21. The van der Waals surface area contributed by atoms with E-state index in [4.69, 9.17) is 16.2 Å². The van der Waals surface area contributed by atoms with E-state index in [1.165, 1.54) is 6.33 Å². The summed E-state index contributed by atoms with van der Waals surface area (Å²) >= 11 is 2.03. The number of nitrogen functional groups attached to an aromatic ring is 1. The van der Waals surface area contributed by atoms with Crippen molar-refractivity contribution in [2.45, 2.75) is 19.9 Å². The lowest BCUT2D eigenvalue weighted by molar-refractivity contribution is -0.129. The summed E-state index contributed by atoms with van der Waals surface area (Å²) in [7, 11) is 0. The summed E-state index contributed by atoms with van der Waals surface area (Å²) in [5, 5.41) is 21.5. The number of aliphatic carboxylic acids is 1. The minimum absolute atomic E-state index is 0.275. The number of nitrogens with two attached hydrogens (primary N) is 1. The highest BCUT2D eigenvalue weighted by atomic mass is 127. The van der Waals surface area contributed by atoms with Gasteiger partial charge in [0.05, 0.1) is 11.9 Å². The maximum Gasteiger partial charge on any atom is 0.349 e. The summed E-state index contributed by atoms with van der Waals surface area (Å²) in [6, 6.07) is 0. The molecule has 0 aliphatic carbocycles. The third kappa shape index (κ3) is 2.57. The summed E-state index contributed by atoms with van der Waals surface area (Å²) in [5.74, 6) is -1.30. The lowest BCUT2D eigenvalue weighted by Crippen LogP contribution is -2.26. The van der Waals surface area contributed by atoms with E-state index >= 15 is 0 Å². The molecule has 9 heteroatoms. The summed E-state index contributed by atoms with van der Waals surface area (Å²) in [5.41, 5.74) is 6.02. The number of carboxylic acid groups (broad SMARTS) is 1. The van der Waals surface area contributed by atoms with Crippen LogP contribution in [-0.4, -0.2) is 36.5 Å². The molecule has 0 amide bonds. The second-order valence-electron chi connectivity index (χ2n) is 4.25. The Bertz CT molecular complexity index is 683. The molecular weight excluding hydrogens is 375 g/mol. The van der Waals surface area contributed by atoms with Gasteiger partial charge in [-0.05, 0) is 29.0 Å². The molecule has 4 N–H and O–H groups in total. The summed E-state index contributed by atoms with van der Waals surface area (Å²) in [6.07, 6.45) is 1.87. The van der Waals surface area contributed by atoms with Crippen molar-refractivity contribution in [2.24, 2.45) is 5.92 Å². The number of anilines is 1. The van der Waals surface area contributed by atoms with Gasteiger partial charge in [-0.1, -0.05) is 6.92 Å². The molecule has 0 aliphatic heterocycles. The molecule has 0 aliphatic rings. The fourth-order valence-corrected chi connectivity index (χ4v) is 2.70. The predicted octanol–water partition coefficient (Wildman–Crippen LogP) is 1.14. The van der Waals surface area contributed by atoms with Crippen LogP contribution in [0.5, 0.6) is 0 Å². The number of nitrogens with zero attached hydrogens (tertiary/aromatic N) is 4. The molecule has 0 fully saturated rings. The van der Waals surface area contributed by atoms with Crippen molar-refractivity contribution in [3.05, 3.63) is 10.0 Å². The Labute approximate surface area is 128 Å². The van der Waals surface area contributed by atoms with Crippen LogP contribution in [0.25, 0.3) is 11.0 Å². The predicted molar refractivity (Wildman–Crippen MR) is 81.6 cm³/mol. The highest BCUT2D eigenvalue weighted by Crippen LogP contribution is 2.23. The Hall–Kier alpha value is -1.78. The van der Waals surface area contributed by atoms with E-state index in [0.717, 1.165) is 0 Å². The molecule has 2 aromatic heterocycles. The first-order valence-electron chi connectivity index (χ1n) is 5.89. The van der Waals surface area contributed by atoms with Crippen molar-refractivity contribution in [1.29, 1.82) is 5.41 Å². The fraction of sp³-hybridized carbons (Fsp3) is 0.364. The monoisotopic (exact) mass is 388 g/mol. The molecule has 2 rings (SSSR count). The molecule has 2 heterocycles. The molecule has 2 aromatic rings. The molecule has 0 radical (unpaired) electrons. The molecule has 20 heavy (non-hydrogen) atoms. The zero-order valence-electron chi connectivity index (χ0n) is 10.7. The topological polar surface area (TPSA) is 131 Å². The summed E-state index contributed by atoms with van der Waals surface area (Å²) in [6.45, 7) is 2.11. The van der Waals surface area contributed by atoms with Gasteiger partial charge in [-0.3, -0.25) is 5.41 Å². The smallest absolute Gasteiger partial charge is 0.349 e. The molecular formula is C11H13IN6O2. The van der Waals surface area contributed by atoms with Crippen molar-refractivity contribution in [2.75, 3.05) is 5.73 Å². The largest absolute Gasteiger partial charge is 0.477 e. The molecule has 106 valence electrons. The van der Waals surface area contributed by atoms with Crippen LogP contribution in [0.2, 0.25) is 0 Å². The zero-order chi connectivity index (χ0) is 14.9. The van der Waals surface area contributed by atoms with Crippen LogP contribution in [0, 0.1) is 15.0 Å². The van der Waals surface area contributed by atoms with Crippen molar-refractivity contribution in [1.82, 2.24) is 19.7 Å². The van der Waals surface area contributed by atoms with Gasteiger partial charge in [0.2, 0.25) is 0 Å². The first-order valence-corrected chi connectivity index (χ1v) is 6.97. The number of nitrogens with one attached hydrogen (secondary N) is 1. The second kappa shape index (κ2) is 5.69. The van der Waals surface area contributed by atoms with Gasteiger partial charge in [0.1, 0.15) is 21.6 Å². The van der Waals surface area contributed by atoms with Gasteiger partial charge in [0.15, 0.2) is 5.65 Å². The van der Waals surface area contributed by atoms with Gasteiger partial charge in [-0.25, -0.2) is 19.4 Å². The van der Waals surface area contributed by atoms with Crippen molar-refractivity contribution >= 4 is 51.1 Å². The van der Waals surface area contributed by atoms with E-state index in [1.807, 2.05) is 29.5 Å². The molecule has 0 saturated carbocycles. The molecule has 1 unspecified atom stereocenters. The fourth-order valence-electron chi connectivity index (χ4n) is 1.92. The average Bonchev–Trinajstić information content (AvgIpc) is 2.73. The van der Waals surface area contributed by atoms with Gasteiger partial charge in [0, 0.05) is 5.92 Å². The van der Waals surface area contributed by atoms with E-state index in [2.05, 4.69) is 15.1 Å². The number of hydrogen-bond acceptors (Lipinski definition) is 6. The van der Waals surface area contributed by atoms with Crippen LogP contribution in [-0.2, 0) is 11.3 Å². The Morgan fingerprint density at radius 1 is 1.60 bits per heavy atom. The van der Waals surface area contributed by atoms with Crippen molar-refractivity contribution < 1.29 is 9.90 Å². The van der Waals surface area contributed by atoms with Crippen LogP contribution in [0.4, 0.5) is 5.82 Å². The third-order valence-corrected chi connectivity index (χ3v) is 3.80. The third-order valence-electron chi connectivity index (χ3n) is 3.04. The van der Waals surface area contributed by atoms with Crippen LogP contribution in [0.1, 0.15) is 13.3 Å². The van der Waals surface area contributed by atoms with Gasteiger partial charge in [0.25, 0.3) is 0 Å². The quantitative estimate of drug-likeness (QED) is 0.520. The van der Waals surface area contributed by atoms with Gasteiger partial charge in [-0.15, -0.1) is 0 Å². The van der Waals surface area contributed by atoms with E-state index < -0.39 is 11.9 Å². The first-order chi connectivity index (χ1) is 9.45. The second-order valence-corrected chi connectivity index (χ2v) is 5.28. The number of hydrogen-bond donors (Lipinski definition) is 3. The van der Waals surface area contributed by atoms with Crippen LogP contribution >= 0.6 is 22.6 Å². The van der Waals surface area contributed by atoms with E-state index in [0.29, 0.717) is 27.0 Å². The van der Waals surface area contributed by atoms with Crippen LogP contribution in [0.15, 0.2) is 6.33 Å². The van der Waals surface area contributed by atoms with Gasteiger partial charge >= 0.3 is 5.97 Å². The molecule has 0 saturated heterocycles. The molecule has 0 aromatic carbocycles. The normalized spacial score (nSPS) is 12.5. The number of halogens is 1. The lowest BCUT2D eigenvalue weighted by atomic mass is 10.0. The zero-order valence-corrected chi connectivity index (χ0v) is 12.8. The maximum atomic E-state index is 10.9. The number of aromatic nitrogens is 4. The Morgan fingerprint density at radius 3 is 2.90 bits per heavy atom. The molecule has 0 spiro atoms. The number of carbonyl (C=O) groups is 1. The maximum absolute atomic E-state index is 10.9. The Balaban J connectivity index is 2.41.